The highest BCUT2D eigenvalue weighted by Crippen LogP contribution is 2.38. The van der Waals surface area contributed by atoms with E-state index in [1.165, 1.54) is 12.6 Å². The Hall–Kier alpha value is -4.67. The Morgan fingerprint density at radius 3 is 2.76 bits per heavy atom. The molecular weight excluding hydrogens is 523 g/mol. The van der Waals surface area contributed by atoms with Crippen molar-refractivity contribution in [3.05, 3.63) is 66.3 Å². The van der Waals surface area contributed by atoms with E-state index in [9.17, 15) is 0 Å². The molecule has 2 aliphatic rings. The van der Waals surface area contributed by atoms with Gasteiger partial charge >= 0.3 is 0 Å². The lowest BCUT2D eigenvalue weighted by Gasteiger charge is -2.45. The monoisotopic (exact) mass is 554 g/mol. The molecule has 1 atom stereocenters. The molecule has 0 saturated carbocycles. The average Bonchev–Trinajstić information content (AvgIpc) is 3.62. The lowest BCUT2D eigenvalue weighted by molar-refractivity contribution is 0.253. The maximum atomic E-state index is 15.1. The molecule has 0 aliphatic carbocycles. The second-order valence-electron chi connectivity index (χ2n) is 10.9. The van der Waals surface area contributed by atoms with Gasteiger partial charge in [0.25, 0.3) is 0 Å². The van der Waals surface area contributed by atoms with Crippen LogP contribution in [0, 0.1) is 19.7 Å². The first-order valence-corrected chi connectivity index (χ1v) is 13.8. The molecule has 3 aromatic heterocycles. The summed E-state index contributed by atoms with van der Waals surface area (Å²) in [7, 11) is 0. The molecule has 1 unspecified atom stereocenters. The fraction of sp³-hybridized carbons (Fsp3) is 0.333. The molecule has 5 aromatic rings. The van der Waals surface area contributed by atoms with Crippen LogP contribution in [0.15, 0.2) is 53.5 Å². The number of hydrogen-bond acceptors (Lipinski definition) is 9. The van der Waals surface area contributed by atoms with Crippen LogP contribution in [0.3, 0.4) is 0 Å². The molecule has 0 bridgehead atoms. The Morgan fingerprint density at radius 2 is 1.95 bits per heavy atom. The maximum absolute atomic E-state index is 15.1. The molecule has 0 radical (unpaired) electrons. The molecule has 41 heavy (non-hydrogen) atoms. The molecule has 1 saturated heterocycles. The van der Waals surface area contributed by atoms with Crippen LogP contribution >= 0.6 is 0 Å². The fourth-order valence-corrected chi connectivity index (χ4v) is 6.04. The zero-order valence-corrected chi connectivity index (χ0v) is 23.4. The normalized spacial score (nSPS) is 16.6. The minimum atomic E-state index is -0.481. The van der Waals surface area contributed by atoms with Crippen molar-refractivity contribution in [3.8, 4) is 17.0 Å². The van der Waals surface area contributed by atoms with E-state index >= 15 is 4.39 Å². The smallest absolute Gasteiger partial charge is 0.227 e. The predicted octanol–water partition coefficient (Wildman–Crippen LogP) is 5.65. The summed E-state index contributed by atoms with van der Waals surface area (Å²) < 4.78 is 28.9. The van der Waals surface area contributed by atoms with Crippen molar-refractivity contribution < 1.29 is 13.5 Å². The van der Waals surface area contributed by atoms with E-state index in [2.05, 4.69) is 48.5 Å². The van der Waals surface area contributed by atoms with Gasteiger partial charge in [-0.3, -0.25) is 0 Å². The van der Waals surface area contributed by atoms with Gasteiger partial charge in [-0.15, -0.1) is 0 Å². The largest absolute Gasteiger partial charge is 0.489 e. The van der Waals surface area contributed by atoms with Crippen LogP contribution in [0.4, 0.5) is 27.6 Å². The summed E-state index contributed by atoms with van der Waals surface area (Å²) in [5.41, 5.74) is 5.59. The molecule has 0 amide bonds. The Kier molecular flexibility index (Phi) is 6.02. The van der Waals surface area contributed by atoms with Crippen molar-refractivity contribution in [2.75, 3.05) is 41.4 Å². The number of aryl methyl sites for hydroxylation is 2. The standard InChI is InChI=1S/C30H31FN8O2/c1-17(2)39-19(4)34-28-18(3)9-20(10-25(28)39)29-23(31)12-33-30(36-29)35-21-5-6-24-26(11-21)40-15-22-14-37(7-8-38(22)24)27-13-32-16-41-27/h5-6,9-13,16-17,22H,7-8,14-15H2,1-4H3,(H,33,35,36). The van der Waals surface area contributed by atoms with Crippen LogP contribution < -0.4 is 19.9 Å². The van der Waals surface area contributed by atoms with E-state index in [4.69, 9.17) is 14.1 Å². The summed E-state index contributed by atoms with van der Waals surface area (Å²) in [6, 6.07) is 10.3. The van der Waals surface area contributed by atoms with Gasteiger partial charge in [-0.2, -0.15) is 0 Å². The quantitative estimate of drug-likeness (QED) is 0.296. The Balaban J connectivity index is 1.14. The lowest BCUT2D eigenvalue weighted by atomic mass is 10.1. The number of imidazole rings is 1. The number of anilines is 4. The third kappa shape index (κ3) is 4.41. The first kappa shape index (κ1) is 25.3. The molecule has 2 aliphatic heterocycles. The summed E-state index contributed by atoms with van der Waals surface area (Å²) in [4.78, 5) is 22.2. The van der Waals surface area contributed by atoms with Crippen LogP contribution in [0.25, 0.3) is 22.3 Å². The second-order valence-corrected chi connectivity index (χ2v) is 10.9. The number of benzene rings is 2. The average molecular weight is 555 g/mol. The minimum Gasteiger partial charge on any atom is -0.489 e. The van der Waals surface area contributed by atoms with E-state index < -0.39 is 5.82 Å². The van der Waals surface area contributed by atoms with Crippen LogP contribution in [-0.4, -0.2) is 56.8 Å². The van der Waals surface area contributed by atoms with Crippen LogP contribution in [0.5, 0.6) is 5.75 Å². The number of rotatable bonds is 5. The number of hydrogen-bond donors (Lipinski definition) is 1. The second kappa shape index (κ2) is 9.76. The van der Waals surface area contributed by atoms with Crippen LogP contribution in [0.1, 0.15) is 31.3 Å². The molecule has 10 nitrogen and oxygen atoms in total. The van der Waals surface area contributed by atoms with Gasteiger partial charge in [0.2, 0.25) is 11.8 Å². The topological polar surface area (TPSA) is 97.4 Å². The van der Waals surface area contributed by atoms with Gasteiger partial charge in [0.05, 0.1) is 35.2 Å². The zero-order valence-electron chi connectivity index (χ0n) is 23.4. The van der Waals surface area contributed by atoms with E-state index in [-0.39, 0.29) is 17.8 Å². The third-order valence-electron chi connectivity index (χ3n) is 7.87. The number of oxazole rings is 1. The van der Waals surface area contributed by atoms with Crippen molar-refractivity contribution in [3.63, 3.8) is 0 Å². The molecule has 0 spiro atoms. The number of nitrogens with zero attached hydrogens (tertiary/aromatic N) is 7. The molecule has 1 fully saturated rings. The minimum absolute atomic E-state index is 0.208. The molecule has 210 valence electrons. The summed E-state index contributed by atoms with van der Waals surface area (Å²) in [5, 5.41) is 3.24. The molecule has 1 N–H and O–H groups in total. The van der Waals surface area contributed by atoms with E-state index in [1.54, 1.807) is 6.20 Å². The number of aromatic nitrogens is 5. The third-order valence-corrected chi connectivity index (χ3v) is 7.87. The molecule has 2 aromatic carbocycles. The molecule has 5 heterocycles. The van der Waals surface area contributed by atoms with E-state index in [0.29, 0.717) is 18.1 Å². The number of halogens is 1. The van der Waals surface area contributed by atoms with Crippen molar-refractivity contribution >= 4 is 34.2 Å². The van der Waals surface area contributed by atoms with Crippen LogP contribution in [-0.2, 0) is 0 Å². The van der Waals surface area contributed by atoms with E-state index in [0.717, 1.165) is 65.1 Å². The maximum Gasteiger partial charge on any atom is 0.227 e. The van der Waals surface area contributed by atoms with Gasteiger partial charge in [-0.25, -0.2) is 24.3 Å². The summed E-state index contributed by atoms with van der Waals surface area (Å²) in [6.07, 6.45) is 4.41. The van der Waals surface area contributed by atoms with Gasteiger partial charge in [-0.05, 0) is 57.5 Å². The SMILES string of the molecule is Cc1cc(-c2nc(Nc3ccc4c(c3)OCC3CN(c5cnco5)CCN43)ncc2F)cc2c1nc(C)n2C(C)C. The van der Waals surface area contributed by atoms with Gasteiger partial charge < -0.3 is 28.8 Å². The molecule has 11 heteroatoms. The number of piperazine rings is 1. The Bertz CT molecular complexity index is 1750. The molecular formula is C30H31FN8O2. The number of ether oxygens (including phenoxy) is 1. The summed E-state index contributed by atoms with van der Waals surface area (Å²) in [6.45, 7) is 11.3. The van der Waals surface area contributed by atoms with Gasteiger partial charge in [0, 0.05) is 43.0 Å². The Morgan fingerprint density at radius 1 is 1.07 bits per heavy atom. The van der Waals surface area contributed by atoms with Crippen LogP contribution in [0.2, 0.25) is 0 Å². The van der Waals surface area contributed by atoms with Gasteiger partial charge in [-0.1, -0.05) is 0 Å². The van der Waals surface area contributed by atoms with Gasteiger partial charge in [0.15, 0.2) is 12.2 Å². The number of fused-ring (bicyclic) bond motifs is 4. The van der Waals surface area contributed by atoms with Crippen molar-refractivity contribution in [2.24, 2.45) is 0 Å². The number of nitrogens with one attached hydrogen (secondary N) is 1. The van der Waals surface area contributed by atoms with Gasteiger partial charge in [0.1, 0.15) is 23.9 Å². The highest BCUT2D eigenvalue weighted by Gasteiger charge is 2.34. The van der Waals surface area contributed by atoms with E-state index in [1.807, 2.05) is 44.2 Å². The zero-order chi connectivity index (χ0) is 28.2. The predicted molar refractivity (Wildman–Crippen MR) is 156 cm³/mol. The van der Waals surface area contributed by atoms with Crippen molar-refractivity contribution in [1.29, 1.82) is 0 Å². The highest BCUT2D eigenvalue weighted by atomic mass is 19.1. The fourth-order valence-electron chi connectivity index (χ4n) is 6.04. The molecule has 7 rings (SSSR count). The summed E-state index contributed by atoms with van der Waals surface area (Å²) in [5.74, 6) is 2.33. The van der Waals surface area contributed by atoms with Crippen molar-refractivity contribution in [1.82, 2.24) is 24.5 Å². The summed E-state index contributed by atoms with van der Waals surface area (Å²) >= 11 is 0. The highest BCUT2D eigenvalue weighted by molar-refractivity contribution is 5.85. The van der Waals surface area contributed by atoms with Crippen molar-refractivity contribution in [2.45, 2.75) is 39.8 Å². The first-order chi connectivity index (χ1) is 19.9. The Labute approximate surface area is 236 Å². The lowest BCUT2D eigenvalue weighted by Crippen LogP contribution is -2.57. The first-order valence-electron chi connectivity index (χ1n) is 13.8.